The quantitative estimate of drug-likeness (QED) is 0.723. The number of fused-ring (bicyclic) bond motifs is 3. The van der Waals surface area contributed by atoms with Gasteiger partial charge in [0.15, 0.2) is 11.5 Å². The van der Waals surface area contributed by atoms with Crippen LogP contribution in [0.1, 0.15) is 26.6 Å². The van der Waals surface area contributed by atoms with Crippen LogP contribution in [0.2, 0.25) is 0 Å². The number of pyridine rings is 1. The van der Waals surface area contributed by atoms with Crippen molar-refractivity contribution in [1.82, 2.24) is 14.5 Å². The predicted molar refractivity (Wildman–Crippen MR) is 95.9 cm³/mol. The van der Waals surface area contributed by atoms with Crippen LogP contribution in [0.3, 0.4) is 0 Å². The second-order valence-corrected chi connectivity index (χ2v) is 6.18. The molecule has 0 aliphatic carbocycles. The molecule has 2 N–H and O–H groups in total. The predicted octanol–water partition coefficient (Wildman–Crippen LogP) is 3.91. The Hall–Kier alpha value is -2.65. The average Bonchev–Trinajstić information content (AvgIpc) is 2.91. The number of ether oxygens (including phenoxy) is 1. The molecule has 0 radical (unpaired) electrons. The van der Waals surface area contributed by atoms with Gasteiger partial charge in [-0.3, -0.25) is 0 Å². The fourth-order valence-electron chi connectivity index (χ4n) is 2.88. The number of hydrogen-bond acceptors (Lipinski definition) is 4. The van der Waals surface area contributed by atoms with Gasteiger partial charge in [-0.2, -0.15) is 0 Å². The van der Waals surface area contributed by atoms with Gasteiger partial charge in [0.2, 0.25) is 0 Å². The Bertz CT molecular complexity index is 936. The smallest absolute Gasteiger partial charge is 0.189 e. The van der Waals surface area contributed by atoms with E-state index in [-0.39, 0.29) is 0 Å². The van der Waals surface area contributed by atoms with Gasteiger partial charge in [0.1, 0.15) is 17.9 Å². The Balaban J connectivity index is 2.33. The molecule has 0 bridgehead atoms. The van der Waals surface area contributed by atoms with Crippen LogP contribution >= 0.6 is 0 Å². The second-order valence-electron chi connectivity index (χ2n) is 6.18. The van der Waals surface area contributed by atoms with Crippen molar-refractivity contribution in [3.63, 3.8) is 0 Å². The van der Waals surface area contributed by atoms with Crippen LogP contribution in [0.25, 0.3) is 26.8 Å². The minimum Gasteiger partial charge on any atom is -0.382 e. The van der Waals surface area contributed by atoms with Gasteiger partial charge in [0.05, 0.1) is 17.6 Å². The summed E-state index contributed by atoms with van der Waals surface area (Å²) in [4.78, 5) is 12.6. The van der Waals surface area contributed by atoms with Crippen molar-refractivity contribution < 1.29 is 4.74 Å². The van der Waals surface area contributed by atoms with Crippen LogP contribution in [0.4, 0.5) is 11.5 Å². The summed E-state index contributed by atoms with van der Waals surface area (Å²) in [7, 11) is 0. The zero-order valence-electron chi connectivity index (χ0n) is 14.2. The van der Waals surface area contributed by atoms with Gasteiger partial charge in [-0.05, 0) is 18.9 Å². The van der Waals surface area contributed by atoms with Crippen molar-refractivity contribution in [2.45, 2.75) is 33.9 Å². The highest BCUT2D eigenvalue weighted by Gasteiger charge is 2.18. The average molecular weight is 323 g/mol. The molecule has 0 fully saturated rings. The van der Waals surface area contributed by atoms with Crippen LogP contribution in [-0.4, -0.2) is 21.1 Å². The fraction of sp³-hybridized carbons (Fsp3) is 0.389. The van der Waals surface area contributed by atoms with Crippen LogP contribution in [-0.2, 0) is 17.9 Å². The third kappa shape index (κ3) is 2.79. The first kappa shape index (κ1) is 16.2. The zero-order chi connectivity index (χ0) is 17.3. The van der Waals surface area contributed by atoms with Crippen molar-refractivity contribution in [3.8, 4) is 0 Å². The van der Waals surface area contributed by atoms with E-state index in [0.29, 0.717) is 36.2 Å². The van der Waals surface area contributed by atoms with Crippen molar-refractivity contribution in [2.24, 2.45) is 5.92 Å². The third-order valence-electron chi connectivity index (χ3n) is 3.88. The molecule has 6 heteroatoms. The number of anilines is 1. The molecule has 1 aromatic carbocycles. The van der Waals surface area contributed by atoms with Crippen molar-refractivity contribution >= 4 is 33.4 Å². The lowest BCUT2D eigenvalue weighted by atomic mass is 10.1. The van der Waals surface area contributed by atoms with Gasteiger partial charge in [0, 0.05) is 18.5 Å². The van der Waals surface area contributed by atoms with Gasteiger partial charge in [-0.15, -0.1) is 0 Å². The zero-order valence-corrected chi connectivity index (χ0v) is 14.2. The summed E-state index contributed by atoms with van der Waals surface area (Å²) in [5, 5.41) is 0.961. The number of aromatic nitrogens is 3. The Labute approximate surface area is 141 Å². The molecule has 2 aromatic heterocycles. The molecule has 0 saturated carbocycles. The van der Waals surface area contributed by atoms with E-state index in [4.69, 9.17) is 17.0 Å². The first-order valence-electron chi connectivity index (χ1n) is 8.08. The lowest BCUT2D eigenvalue weighted by Crippen LogP contribution is -2.10. The lowest BCUT2D eigenvalue weighted by Gasteiger charge is -2.13. The normalized spacial score (nSPS) is 11.5. The summed E-state index contributed by atoms with van der Waals surface area (Å²) in [6.45, 7) is 15.4. The van der Waals surface area contributed by atoms with Crippen LogP contribution in [0.15, 0.2) is 18.2 Å². The Morgan fingerprint density at radius 1 is 1.33 bits per heavy atom. The molecule has 2 heterocycles. The highest BCUT2D eigenvalue weighted by Crippen LogP contribution is 2.31. The first-order chi connectivity index (χ1) is 11.5. The SMILES string of the molecule is [C-]#[N+]c1ccc2c(c1)nc(N)c1nc(COCC)n(CC(C)C)c12. The minimum absolute atomic E-state index is 0.389. The highest BCUT2D eigenvalue weighted by molar-refractivity contribution is 6.07. The van der Waals surface area contributed by atoms with E-state index in [2.05, 4.69) is 33.2 Å². The molecule has 24 heavy (non-hydrogen) atoms. The Morgan fingerprint density at radius 2 is 2.12 bits per heavy atom. The maximum Gasteiger partial charge on any atom is 0.189 e. The van der Waals surface area contributed by atoms with Gasteiger partial charge >= 0.3 is 0 Å². The summed E-state index contributed by atoms with van der Waals surface area (Å²) in [5.41, 5.74) is 9.10. The molecule has 0 aliphatic heterocycles. The summed E-state index contributed by atoms with van der Waals surface area (Å²) >= 11 is 0. The molecule has 0 aliphatic rings. The number of nitrogen functional groups attached to an aromatic ring is 1. The molecule has 0 amide bonds. The molecule has 0 atom stereocenters. The molecule has 124 valence electrons. The van der Waals surface area contributed by atoms with E-state index < -0.39 is 0 Å². The van der Waals surface area contributed by atoms with Crippen LogP contribution < -0.4 is 5.73 Å². The molecule has 0 unspecified atom stereocenters. The van der Waals surface area contributed by atoms with Gasteiger partial charge < -0.3 is 15.0 Å². The molecule has 6 nitrogen and oxygen atoms in total. The van der Waals surface area contributed by atoms with Gasteiger partial charge in [-0.1, -0.05) is 26.0 Å². The number of benzene rings is 1. The summed E-state index contributed by atoms with van der Waals surface area (Å²) in [6.07, 6.45) is 0. The largest absolute Gasteiger partial charge is 0.382 e. The van der Waals surface area contributed by atoms with Gasteiger partial charge in [0.25, 0.3) is 0 Å². The molecule has 3 rings (SSSR count). The maximum absolute atomic E-state index is 7.18. The topological polar surface area (TPSA) is 70.3 Å². The molecule has 3 aromatic rings. The number of nitrogens with two attached hydrogens (primary N) is 1. The van der Waals surface area contributed by atoms with E-state index in [9.17, 15) is 0 Å². The van der Waals surface area contributed by atoms with Crippen LogP contribution in [0.5, 0.6) is 0 Å². The van der Waals surface area contributed by atoms with Crippen LogP contribution in [0, 0.1) is 12.5 Å². The number of imidazole rings is 1. The maximum atomic E-state index is 7.18. The van der Waals surface area contributed by atoms with E-state index >= 15 is 0 Å². The monoisotopic (exact) mass is 323 g/mol. The molecule has 0 spiro atoms. The van der Waals surface area contributed by atoms with E-state index in [0.717, 1.165) is 28.8 Å². The number of rotatable bonds is 5. The van der Waals surface area contributed by atoms with Crippen molar-refractivity contribution in [2.75, 3.05) is 12.3 Å². The number of hydrogen-bond donors (Lipinski definition) is 1. The second kappa shape index (κ2) is 6.46. The Morgan fingerprint density at radius 3 is 2.79 bits per heavy atom. The standard InChI is InChI=1S/C18H21N5O/c1-5-24-10-15-22-16-17(23(15)9-11(2)3)13-7-6-12(20-4)8-14(13)21-18(16)19/h6-8,11H,5,9-10H2,1-3H3,(H2,19,21). The third-order valence-corrected chi connectivity index (χ3v) is 3.88. The Kier molecular flexibility index (Phi) is 4.36. The summed E-state index contributed by atoms with van der Waals surface area (Å²) in [5.74, 6) is 1.70. The molecule has 0 saturated heterocycles. The minimum atomic E-state index is 0.389. The molecular formula is C18H21N5O. The number of nitrogens with zero attached hydrogens (tertiary/aromatic N) is 4. The molecular weight excluding hydrogens is 302 g/mol. The summed E-state index contributed by atoms with van der Waals surface area (Å²) in [6, 6.07) is 5.51. The van der Waals surface area contributed by atoms with E-state index in [1.807, 2.05) is 19.1 Å². The van der Waals surface area contributed by atoms with Gasteiger partial charge in [-0.25, -0.2) is 14.8 Å². The highest BCUT2D eigenvalue weighted by atomic mass is 16.5. The summed E-state index contributed by atoms with van der Waals surface area (Å²) < 4.78 is 7.75. The fourth-order valence-corrected chi connectivity index (χ4v) is 2.88. The van der Waals surface area contributed by atoms with Crippen molar-refractivity contribution in [3.05, 3.63) is 35.4 Å². The first-order valence-corrected chi connectivity index (χ1v) is 8.08. The van der Waals surface area contributed by atoms with E-state index in [1.165, 1.54) is 0 Å². The van der Waals surface area contributed by atoms with E-state index in [1.54, 1.807) is 6.07 Å². The lowest BCUT2D eigenvalue weighted by molar-refractivity contribution is 0.125. The van der Waals surface area contributed by atoms with Crippen molar-refractivity contribution in [1.29, 1.82) is 0 Å².